The van der Waals surface area contributed by atoms with Crippen LogP contribution in [0.5, 0.6) is 0 Å². The maximum absolute atomic E-state index is 6.66. The summed E-state index contributed by atoms with van der Waals surface area (Å²) in [4.78, 5) is 0. The summed E-state index contributed by atoms with van der Waals surface area (Å²) in [7, 11) is 0. The predicted octanol–water partition coefficient (Wildman–Crippen LogP) is 6.36. The van der Waals surface area contributed by atoms with E-state index in [1.165, 1.54) is 22.3 Å². The Bertz CT molecular complexity index is 577. The second-order valence-electron chi connectivity index (χ2n) is 4.88. The van der Waals surface area contributed by atoms with Crippen LogP contribution in [-0.2, 0) is 0 Å². The Labute approximate surface area is 132 Å². The molecule has 3 heteroatoms. The van der Waals surface area contributed by atoms with E-state index in [0.717, 1.165) is 10.0 Å². The molecule has 0 aliphatic rings. The molecule has 0 aliphatic carbocycles. The minimum atomic E-state index is -0.185. The highest BCUT2D eigenvalue weighted by atomic mass is 79.9. The second-order valence-corrected chi connectivity index (χ2v) is 6.67. The lowest BCUT2D eigenvalue weighted by atomic mass is 9.94. The van der Waals surface area contributed by atoms with Gasteiger partial charge in [-0.15, -0.1) is 11.6 Å². The number of hydrogen-bond donors (Lipinski definition) is 0. The van der Waals surface area contributed by atoms with Gasteiger partial charge in [-0.25, -0.2) is 0 Å². The van der Waals surface area contributed by atoms with Crippen LogP contribution in [0.4, 0.5) is 0 Å². The van der Waals surface area contributed by atoms with Crippen LogP contribution in [0.1, 0.15) is 33.2 Å². The molecule has 0 saturated carbocycles. The van der Waals surface area contributed by atoms with E-state index in [1.807, 2.05) is 18.2 Å². The van der Waals surface area contributed by atoms with Gasteiger partial charge in [0, 0.05) is 9.50 Å². The van der Waals surface area contributed by atoms with Crippen molar-refractivity contribution in [2.24, 2.45) is 0 Å². The number of hydrogen-bond acceptors (Lipinski definition) is 0. The number of rotatable bonds is 2. The van der Waals surface area contributed by atoms with Crippen molar-refractivity contribution in [3.8, 4) is 0 Å². The van der Waals surface area contributed by atoms with Gasteiger partial charge in [0.25, 0.3) is 0 Å². The monoisotopic (exact) mass is 356 g/mol. The van der Waals surface area contributed by atoms with Gasteiger partial charge < -0.3 is 0 Å². The van der Waals surface area contributed by atoms with Crippen LogP contribution in [0.3, 0.4) is 0 Å². The molecule has 0 amide bonds. The first-order chi connectivity index (χ1) is 8.88. The summed E-state index contributed by atoms with van der Waals surface area (Å²) in [5.41, 5.74) is 5.87. The molecule has 0 nitrogen and oxygen atoms in total. The first-order valence-electron chi connectivity index (χ1n) is 6.06. The van der Waals surface area contributed by atoms with Crippen molar-refractivity contribution in [3.05, 3.63) is 67.6 Å². The van der Waals surface area contributed by atoms with E-state index in [1.54, 1.807) is 0 Å². The van der Waals surface area contributed by atoms with Gasteiger partial charge in [0.1, 0.15) is 0 Å². The molecule has 0 bridgehead atoms. The van der Waals surface area contributed by atoms with Crippen LogP contribution in [0.2, 0.25) is 5.02 Å². The quantitative estimate of drug-likeness (QED) is 0.549. The van der Waals surface area contributed by atoms with Crippen molar-refractivity contribution in [2.45, 2.75) is 26.1 Å². The SMILES string of the molecule is Cc1cc(C)c(C(Cl)c2cc(Cl)cc(Br)c2)c(C)c1. The third kappa shape index (κ3) is 3.34. The Morgan fingerprint density at radius 2 is 1.53 bits per heavy atom. The summed E-state index contributed by atoms with van der Waals surface area (Å²) >= 11 is 16.2. The van der Waals surface area contributed by atoms with E-state index in [0.29, 0.717) is 5.02 Å². The zero-order chi connectivity index (χ0) is 14.2. The lowest BCUT2D eigenvalue weighted by Crippen LogP contribution is -2.00. The average Bonchev–Trinajstić information content (AvgIpc) is 2.25. The maximum atomic E-state index is 6.66. The fraction of sp³-hybridized carbons (Fsp3) is 0.250. The smallest absolute Gasteiger partial charge is 0.0841 e. The molecule has 2 rings (SSSR count). The zero-order valence-electron chi connectivity index (χ0n) is 11.1. The summed E-state index contributed by atoms with van der Waals surface area (Å²) in [6, 6.07) is 10.1. The van der Waals surface area contributed by atoms with Gasteiger partial charge in [-0.2, -0.15) is 0 Å². The molecule has 1 unspecified atom stereocenters. The van der Waals surface area contributed by atoms with E-state index < -0.39 is 0 Å². The highest BCUT2D eigenvalue weighted by molar-refractivity contribution is 9.10. The molecule has 2 aromatic carbocycles. The molecule has 0 radical (unpaired) electrons. The van der Waals surface area contributed by atoms with Crippen LogP contribution in [0.15, 0.2) is 34.8 Å². The van der Waals surface area contributed by atoms with Crippen LogP contribution >= 0.6 is 39.1 Å². The summed E-state index contributed by atoms with van der Waals surface area (Å²) in [6.07, 6.45) is 0. The lowest BCUT2D eigenvalue weighted by molar-refractivity contribution is 1.07. The topological polar surface area (TPSA) is 0 Å². The molecule has 1 atom stereocenters. The van der Waals surface area contributed by atoms with Gasteiger partial charge in [-0.3, -0.25) is 0 Å². The van der Waals surface area contributed by atoms with Crippen LogP contribution in [-0.4, -0.2) is 0 Å². The third-order valence-corrected chi connectivity index (χ3v) is 4.32. The van der Waals surface area contributed by atoms with Gasteiger partial charge in [0.05, 0.1) is 5.38 Å². The predicted molar refractivity (Wildman–Crippen MR) is 87.5 cm³/mol. The van der Waals surface area contributed by atoms with Crippen LogP contribution in [0, 0.1) is 20.8 Å². The van der Waals surface area contributed by atoms with Gasteiger partial charge in [0.2, 0.25) is 0 Å². The Kier molecular flexibility index (Phi) is 4.60. The van der Waals surface area contributed by atoms with Crippen molar-refractivity contribution >= 4 is 39.1 Å². The Hall–Kier alpha value is -0.500. The minimum Gasteiger partial charge on any atom is -0.113 e. The van der Waals surface area contributed by atoms with E-state index in [-0.39, 0.29) is 5.38 Å². The molecule has 100 valence electrons. The molecule has 0 heterocycles. The van der Waals surface area contributed by atoms with Gasteiger partial charge in [-0.05, 0) is 61.2 Å². The van der Waals surface area contributed by atoms with Gasteiger partial charge in [-0.1, -0.05) is 45.2 Å². The first kappa shape index (κ1) is 14.9. The summed E-state index contributed by atoms with van der Waals surface area (Å²) in [6.45, 7) is 6.30. The van der Waals surface area contributed by atoms with Gasteiger partial charge in [0.15, 0.2) is 0 Å². The van der Waals surface area contributed by atoms with Crippen molar-refractivity contribution in [1.82, 2.24) is 0 Å². The molecule has 0 aromatic heterocycles. The van der Waals surface area contributed by atoms with Crippen LogP contribution < -0.4 is 0 Å². The number of aryl methyl sites for hydroxylation is 3. The lowest BCUT2D eigenvalue weighted by Gasteiger charge is -2.17. The maximum Gasteiger partial charge on any atom is 0.0841 e. The fourth-order valence-corrected chi connectivity index (χ4v) is 3.84. The van der Waals surface area contributed by atoms with Crippen molar-refractivity contribution in [1.29, 1.82) is 0 Å². The summed E-state index contributed by atoms with van der Waals surface area (Å²) < 4.78 is 0.947. The highest BCUT2D eigenvalue weighted by Gasteiger charge is 2.17. The standard InChI is InChI=1S/C16H15BrCl2/c1-9-4-10(2)15(11(3)5-9)16(19)12-6-13(17)8-14(18)7-12/h4-8,16H,1-3H3. The van der Waals surface area contributed by atoms with Crippen LogP contribution in [0.25, 0.3) is 0 Å². The highest BCUT2D eigenvalue weighted by Crippen LogP contribution is 2.36. The number of alkyl halides is 1. The third-order valence-electron chi connectivity index (χ3n) is 3.17. The van der Waals surface area contributed by atoms with E-state index >= 15 is 0 Å². The Morgan fingerprint density at radius 1 is 0.947 bits per heavy atom. The van der Waals surface area contributed by atoms with Crippen molar-refractivity contribution in [3.63, 3.8) is 0 Å². The number of halogens is 3. The van der Waals surface area contributed by atoms with E-state index in [2.05, 4.69) is 48.8 Å². The Morgan fingerprint density at radius 3 is 2.05 bits per heavy atom. The summed E-state index contributed by atoms with van der Waals surface area (Å²) in [5.74, 6) is 0. The zero-order valence-corrected chi connectivity index (χ0v) is 14.2. The largest absolute Gasteiger partial charge is 0.113 e. The Balaban J connectivity index is 2.52. The molecule has 0 aliphatic heterocycles. The molecule has 0 saturated heterocycles. The molecular formula is C16H15BrCl2. The van der Waals surface area contributed by atoms with Crippen molar-refractivity contribution < 1.29 is 0 Å². The molecule has 0 N–H and O–H groups in total. The van der Waals surface area contributed by atoms with E-state index in [9.17, 15) is 0 Å². The van der Waals surface area contributed by atoms with Crippen molar-refractivity contribution in [2.75, 3.05) is 0 Å². The van der Waals surface area contributed by atoms with Gasteiger partial charge >= 0.3 is 0 Å². The molecule has 2 aromatic rings. The molecular weight excluding hydrogens is 343 g/mol. The average molecular weight is 358 g/mol. The molecule has 0 spiro atoms. The first-order valence-corrected chi connectivity index (χ1v) is 7.67. The second kappa shape index (κ2) is 5.87. The van der Waals surface area contributed by atoms with E-state index in [4.69, 9.17) is 23.2 Å². The normalized spacial score (nSPS) is 12.5. The summed E-state index contributed by atoms with van der Waals surface area (Å²) in [5, 5.41) is 0.507. The minimum absolute atomic E-state index is 0.185. The fourth-order valence-electron chi connectivity index (χ4n) is 2.48. The molecule has 19 heavy (non-hydrogen) atoms. The number of benzene rings is 2. The molecule has 0 fully saturated rings.